The summed E-state index contributed by atoms with van der Waals surface area (Å²) in [5, 5.41) is 0. The van der Waals surface area contributed by atoms with Crippen molar-refractivity contribution >= 4 is 28.6 Å². The lowest BCUT2D eigenvalue weighted by Crippen LogP contribution is -2.29. The summed E-state index contributed by atoms with van der Waals surface area (Å²) in [5.41, 5.74) is 4.25. The molecule has 148 valence electrons. The maximum atomic E-state index is 13.2. The standard InChI is InChI=1S/C24H18N2O4/c1-3-29-21-7-5-4-6-19(21)26-23(27)16-10-9-15(13-17(16)24(26)28)22-25-18-12-14(2)8-11-20(18)30-22/h4-13H,3H2,1-2H3. The molecule has 6 heteroatoms. The number of ether oxygens (including phenoxy) is 1. The van der Waals surface area contributed by atoms with E-state index in [9.17, 15) is 9.59 Å². The molecule has 2 amide bonds. The van der Waals surface area contributed by atoms with Gasteiger partial charge < -0.3 is 9.15 Å². The first-order chi connectivity index (χ1) is 14.6. The van der Waals surface area contributed by atoms with E-state index in [1.807, 2.05) is 32.0 Å². The molecule has 1 aromatic heterocycles. The van der Waals surface area contributed by atoms with Gasteiger partial charge in [0.1, 0.15) is 11.3 Å². The van der Waals surface area contributed by atoms with E-state index in [-0.39, 0.29) is 5.91 Å². The number of fused-ring (bicyclic) bond motifs is 2. The topological polar surface area (TPSA) is 72.6 Å². The molecule has 0 saturated carbocycles. The second kappa shape index (κ2) is 6.84. The smallest absolute Gasteiger partial charge is 0.266 e. The number of rotatable bonds is 4. The molecule has 1 aliphatic rings. The second-order valence-electron chi connectivity index (χ2n) is 7.10. The van der Waals surface area contributed by atoms with Gasteiger partial charge in [-0.2, -0.15) is 0 Å². The predicted molar refractivity (Wildman–Crippen MR) is 113 cm³/mol. The maximum Gasteiger partial charge on any atom is 0.266 e. The van der Waals surface area contributed by atoms with Crippen molar-refractivity contribution in [3.63, 3.8) is 0 Å². The molecule has 0 N–H and O–H groups in total. The van der Waals surface area contributed by atoms with E-state index in [1.54, 1.807) is 42.5 Å². The molecular weight excluding hydrogens is 380 g/mol. The van der Waals surface area contributed by atoms with Crippen LogP contribution >= 0.6 is 0 Å². The Morgan fingerprint density at radius 1 is 0.967 bits per heavy atom. The monoisotopic (exact) mass is 398 g/mol. The van der Waals surface area contributed by atoms with Crippen molar-refractivity contribution in [3.8, 4) is 17.2 Å². The summed E-state index contributed by atoms with van der Waals surface area (Å²) in [6.07, 6.45) is 0. The fraction of sp³-hybridized carbons (Fsp3) is 0.125. The molecule has 0 radical (unpaired) electrons. The van der Waals surface area contributed by atoms with Gasteiger partial charge in [-0.05, 0) is 61.9 Å². The van der Waals surface area contributed by atoms with Crippen LogP contribution in [0.15, 0.2) is 65.1 Å². The van der Waals surface area contributed by atoms with Crippen LogP contribution in [0.4, 0.5) is 5.69 Å². The number of benzene rings is 3. The molecule has 0 saturated heterocycles. The number of hydrogen-bond acceptors (Lipinski definition) is 5. The lowest BCUT2D eigenvalue weighted by Gasteiger charge is -2.17. The molecule has 6 nitrogen and oxygen atoms in total. The van der Waals surface area contributed by atoms with E-state index < -0.39 is 5.91 Å². The minimum absolute atomic E-state index is 0.322. The van der Waals surface area contributed by atoms with Crippen LogP contribution in [0.25, 0.3) is 22.6 Å². The van der Waals surface area contributed by atoms with Crippen LogP contribution in [0.3, 0.4) is 0 Å². The third kappa shape index (κ3) is 2.76. The largest absolute Gasteiger partial charge is 0.492 e. The molecule has 5 rings (SSSR count). The number of oxazole rings is 1. The average Bonchev–Trinajstić information content (AvgIpc) is 3.27. The number of amides is 2. The van der Waals surface area contributed by atoms with Crippen molar-refractivity contribution in [2.24, 2.45) is 0 Å². The molecular formula is C24H18N2O4. The summed E-state index contributed by atoms with van der Waals surface area (Å²) < 4.78 is 11.5. The molecule has 1 aliphatic heterocycles. The molecule has 30 heavy (non-hydrogen) atoms. The van der Waals surface area contributed by atoms with Gasteiger partial charge in [-0.25, -0.2) is 9.88 Å². The van der Waals surface area contributed by atoms with E-state index in [2.05, 4.69) is 4.98 Å². The highest BCUT2D eigenvalue weighted by molar-refractivity contribution is 6.35. The third-order valence-electron chi connectivity index (χ3n) is 5.08. The lowest BCUT2D eigenvalue weighted by molar-refractivity contribution is 0.0925. The van der Waals surface area contributed by atoms with Crippen molar-refractivity contribution in [2.75, 3.05) is 11.5 Å². The molecule has 4 aromatic rings. The Kier molecular flexibility index (Phi) is 4.13. The van der Waals surface area contributed by atoms with E-state index in [0.717, 1.165) is 16.0 Å². The molecule has 0 bridgehead atoms. The van der Waals surface area contributed by atoms with Gasteiger partial charge in [0.15, 0.2) is 5.58 Å². The van der Waals surface area contributed by atoms with Gasteiger partial charge >= 0.3 is 0 Å². The molecule has 0 atom stereocenters. The van der Waals surface area contributed by atoms with E-state index >= 15 is 0 Å². The molecule has 0 unspecified atom stereocenters. The minimum Gasteiger partial charge on any atom is -0.492 e. The van der Waals surface area contributed by atoms with Crippen LogP contribution in [-0.4, -0.2) is 23.4 Å². The Labute approximate surface area is 172 Å². The number of hydrogen-bond donors (Lipinski definition) is 0. The Balaban J connectivity index is 1.57. The van der Waals surface area contributed by atoms with E-state index in [4.69, 9.17) is 9.15 Å². The summed E-state index contributed by atoms with van der Waals surface area (Å²) in [5.74, 6) is 0.133. The van der Waals surface area contributed by atoms with Gasteiger partial charge in [-0.15, -0.1) is 0 Å². The highest BCUT2D eigenvalue weighted by atomic mass is 16.5. The Hall–Kier alpha value is -3.93. The van der Waals surface area contributed by atoms with Crippen LogP contribution in [0, 0.1) is 6.92 Å². The number of aryl methyl sites for hydroxylation is 1. The molecule has 0 aliphatic carbocycles. The number of carbonyl (C=O) groups is 2. The number of para-hydroxylation sites is 2. The summed E-state index contributed by atoms with van der Waals surface area (Å²) in [4.78, 5) is 31.9. The normalized spacial score (nSPS) is 13.2. The summed E-state index contributed by atoms with van der Waals surface area (Å²) >= 11 is 0. The maximum absolute atomic E-state index is 13.2. The summed E-state index contributed by atoms with van der Waals surface area (Å²) in [6.45, 7) is 4.27. The van der Waals surface area contributed by atoms with Gasteiger partial charge in [0.05, 0.1) is 23.4 Å². The summed E-state index contributed by atoms with van der Waals surface area (Å²) in [7, 11) is 0. The number of aromatic nitrogens is 1. The zero-order valence-corrected chi connectivity index (χ0v) is 16.5. The van der Waals surface area contributed by atoms with Crippen molar-refractivity contribution < 1.29 is 18.7 Å². The predicted octanol–water partition coefficient (Wildman–Crippen LogP) is 5.00. The summed E-state index contributed by atoms with van der Waals surface area (Å²) in [6, 6.07) is 17.9. The van der Waals surface area contributed by atoms with E-state index in [1.165, 1.54) is 0 Å². The average molecular weight is 398 g/mol. The fourth-order valence-electron chi connectivity index (χ4n) is 3.67. The molecule has 0 fully saturated rings. The first kappa shape index (κ1) is 18.1. The van der Waals surface area contributed by atoms with Crippen LogP contribution in [-0.2, 0) is 0 Å². The van der Waals surface area contributed by atoms with Crippen molar-refractivity contribution in [3.05, 3.63) is 77.4 Å². The number of carbonyl (C=O) groups excluding carboxylic acids is 2. The Morgan fingerprint density at radius 2 is 1.77 bits per heavy atom. The zero-order valence-electron chi connectivity index (χ0n) is 16.5. The molecule has 2 heterocycles. The Morgan fingerprint density at radius 3 is 2.60 bits per heavy atom. The van der Waals surface area contributed by atoms with Gasteiger partial charge in [0, 0.05) is 5.56 Å². The van der Waals surface area contributed by atoms with Crippen molar-refractivity contribution in [2.45, 2.75) is 13.8 Å². The zero-order chi connectivity index (χ0) is 20.8. The van der Waals surface area contributed by atoms with Crippen LogP contribution in [0.1, 0.15) is 33.2 Å². The fourth-order valence-corrected chi connectivity index (χ4v) is 3.67. The highest BCUT2D eigenvalue weighted by Gasteiger charge is 2.38. The van der Waals surface area contributed by atoms with Gasteiger partial charge in [-0.1, -0.05) is 18.2 Å². The second-order valence-corrected chi connectivity index (χ2v) is 7.10. The van der Waals surface area contributed by atoms with Crippen LogP contribution < -0.4 is 9.64 Å². The lowest BCUT2D eigenvalue weighted by atomic mass is 10.1. The minimum atomic E-state index is -0.393. The number of nitrogens with zero attached hydrogens (tertiary/aromatic N) is 2. The van der Waals surface area contributed by atoms with Crippen molar-refractivity contribution in [1.82, 2.24) is 4.98 Å². The Bertz CT molecular complexity index is 1320. The molecule has 3 aromatic carbocycles. The van der Waals surface area contributed by atoms with Gasteiger partial charge in [0.25, 0.3) is 11.8 Å². The first-order valence-electron chi connectivity index (χ1n) is 9.69. The first-order valence-corrected chi connectivity index (χ1v) is 9.69. The highest BCUT2D eigenvalue weighted by Crippen LogP contribution is 2.36. The number of anilines is 1. The quantitative estimate of drug-likeness (QED) is 0.452. The SMILES string of the molecule is CCOc1ccccc1N1C(=O)c2ccc(-c3nc4cc(C)ccc4o3)cc2C1=O. The third-order valence-corrected chi connectivity index (χ3v) is 5.08. The molecule has 0 spiro atoms. The van der Waals surface area contributed by atoms with Crippen LogP contribution in [0.2, 0.25) is 0 Å². The van der Waals surface area contributed by atoms with Gasteiger partial charge in [0.2, 0.25) is 5.89 Å². The number of imide groups is 1. The van der Waals surface area contributed by atoms with Crippen molar-refractivity contribution in [1.29, 1.82) is 0 Å². The van der Waals surface area contributed by atoms with Gasteiger partial charge in [-0.3, -0.25) is 9.59 Å². The van der Waals surface area contributed by atoms with E-state index in [0.29, 0.717) is 46.2 Å². The van der Waals surface area contributed by atoms with Crippen LogP contribution in [0.5, 0.6) is 5.75 Å².